The molecule has 5 aromatic carbocycles. The molecule has 0 bridgehead atoms. The Kier molecular flexibility index (Phi) is 7.82. The molecule has 10 heteroatoms. The van der Waals surface area contributed by atoms with E-state index in [4.69, 9.17) is 18.9 Å². The Balaban J connectivity index is 1.09. The van der Waals surface area contributed by atoms with Crippen LogP contribution in [0.15, 0.2) is 109 Å². The lowest BCUT2D eigenvalue weighted by Gasteiger charge is -2.17. The zero-order chi connectivity index (χ0) is 33.4. The van der Waals surface area contributed by atoms with Crippen LogP contribution in [0.4, 0.5) is 11.4 Å². The van der Waals surface area contributed by atoms with E-state index >= 15 is 0 Å². The Hall–Kier alpha value is -6.42. The second-order valence-electron chi connectivity index (χ2n) is 10.8. The molecule has 2 heterocycles. The topological polar surface area (TPSA) is 112 Å². The summed E-state index contributed by atoms with van der Waals surface area (Å²) in [5.74, 6) is 0.548. The Morgan fingerprint density at radius 2 is 0.833 bits per heavy atom. The molecular weight excluding hydrogens is 612 g/mol. The summed E-state index contributed by atoms with van der Waals surface area (Å²) in [6.45, 7) is 4.42. The van der Waals surface area contributed by atoms with Crippen LogP contribution in [-0.2, 0) is 0 Å². The predicted molar refractivity (Wildman–Crippen MR) is 177 cm³/mol. The summed E-state index contributed by atoms with van der Waals surface area (Å²) in [4.78, 5) is 55.5. The first-order chi connectivity index (χ1) is 23.4. The highest BCUT2D eigenvalue weighted by Gasteiger charge is 2.39. The summed E-state index contributed by atoms with van der Waals surface area (Å²) < 4.78 is 23.4. The summed E-state index contributed by atoms with van der Waals surface area (Å²) in [6.07, 6.45) is 0. The van der Waals surface area contributed by atoms with Crippen molar-refractivity contribution in [2.75, 3.05) is 23.0 Å². The van der Waals surface area contributed by atoms with Crippen LogP contribution >= 0.6 is 0 Å². The summed E-state index contributed by atoms with van der Waals surface area (Å²) in [7, 11) is 0. The number of imide groups is 2. The van der Waals surface area contributed by atoms with Gasteiger partial charge in [-0.3, -0.25) is 19.2 Å². The van der Waals surface area contributed by atoms with Crippen LogP contribution in [0.1, 0.15) is 55.3 Å². The summed E-state index contributed by atoms with van der Waals surface area (Å²) in [5.41, 5.74) is 1.70. The summed E-state index contributed by atoms with van der Waals surface area (Å²) >= 11 is 0. The highest BCUT2D eigenvalue weighted by atomic mass is 16.5. The smallest absolute Gasteiger partial charge is 0.266 e. The number of rotatable bonds is 10. The average Bonchev–Trinajstić information content (AvgIpc) is 3.49. The normalized spacial score (nSPS) is 13.5. The van der Waals surface area contributed by atoms with Crippen molar-refractivity contribution in [1.82, 2.24) is 0 Å². The Morgan fingerprint density at radius 1 is 0.438 bits per heavy atom. The number of carbonyl (C=O) groups excluding carboxylic acids is 4. The van der Waals surface area contributed by atoms with E-state index in [-0.39, 0.29) is 22.3 Å². The molecule has 5 aromatic rings. The van der Waals surface area contributed by atoms with Crippen molar-refractivity contribution in [2.45, 2.75) is 13.8 Å². The average molecular weight is 641 g/mol. The number of fused-ring (bicyclic) bond motifs is 2. The van der Waals surface area contributed by atoms with Crippen molar-refractivity contribution in [3.63, 3.8) is 0 Å². The van der Waals surface area contributed by atoms with Crippen LogP contribution in [0.5, 0.6) is 34.5 Å². The van der Waals surface area contributed by atoms with Crippen molar-refractivity contribution < 1.29 is 38.1 Å². The monoisotopic (exact) mass is 640 g/mol. The van der Waals surface area contributed by atoms with Crippen LogP contribution in [0.25, 0.3) is 0 Å². The summed E-state index contributed by atoms with van der Waals surface area (Å²) in [5, 5.41) is 0. The van der Waals surface area contributed by atoms with Gasteiger partial charge in [0.15, 0.2) is 0 Å². The van der Waals surface area contributed by atoms with Gasteiger partial charge in [-0.15, -0.1) is 0 Å². The molecule has 0 unspecified atom stereocenters. The number of hydrogen-bond acceptors (Lipinski definition) is 8. The molecule has 0 atom stereocenters. The van der Waals surface area contributed by atoms with Gasteiger partial charge in [0.1, 0.15) is 34.5 Å². The van der Waals surface area contributed by atoms with E-state index in [1.54, 1.807) is 97.1 Å². The second kappa shape index (κ2) is 12.4. The molecule has 2 aliphatic rings. The van der Waals surface area contributed by atoms with Crippen LogP contribution < -0.4 is 28.7 Å². The van der Waals surface area contributed by atoms with Crippen molar-refractivity contribution in [2.24, 2.45) is 0 Å². The van der Waals surface area contributed by atoms with Gasteiger partial charge >= 0.3 is 0 Å². The number of hydrogen-bond donors (Lipinski definition) is 0. The third kappa shape index (κ3) is 5.28. The molecule has 0 aromatic heterocycles. The van der Waals surface area contributed by atoms with Crippen molar-refractivity contribution in [1.29, 1.82) is 0 Å². The number of carbonyl (C=O) groups is 4. The molecule has 48 heavy (non-hydrogen) atoms. The van der Waals surface area contributed by atoms with E-state index in [1.165, 1.54) is 12.1 Å². The fourth-order valence-corrected chi connectivity index (χ4v) is 5.72. The fraction of sp³-hybridized carbons (Fsp3) is 0.105. The van der Waals surface area contributed by atoms with E-state index in [1.807, 2.05) is 13.8 Å². The molecule has 10 nitrogen and oxygen atoms in total. The first-order valence-corrected chi connectivity index (χ1v) is 15.3. The Morgan fingerprint density at radius 3 is 1.27 bits per heavy atom. The number of para-hydroxylation sites is 4. The van der Waals surface area contributed by atoms with E-state index in [0.29, 0.717) is 59.1 Å². The van der Waals surface area contributed by atoms with Gasteiger partial charge in [-0.25, -0.2) is 9.80 Å². The van der Waals surface area contributed by atoms with Gasteiger partial charge < -0.3 is 18.9 Å². The van der Waals surface area contributed by atoms with Gasteiger partial charge in [-0.1, -0.05) is 30.3 Å². The number of anilines is 2. The molecule has 0 N–H and O–H groups in total. The van der Waals surface area contributed by atoms with Crippen LogP contribution in [0, 0.1) is 0 Å². The molecule has 2 aliphatic heterocycles. The minimum atomic E-state index is -0.478. The van der Waals surface area contributed by atoms with Crippen LogP contribution in [0.3, 0.4) is 0 Å². The SMILES string of the molecule is CCOc1ccccc1N1C(=O)c2ccc(Oc3cccc(Oc4ccc5c(c4)C(=O)N(c4ccccc4OCC)C5=O)c3)cc2C1=O. The first kappa shape index (κ1) is 30.2. The molecule has 4 amide bonds. The maximum absolute atomic E-state index is 13.4. The maximum Gasteiger partial charge on any atom is 0.266 e. The van der Waals surface area contributed by atoms with Gasteiger partial charge in [0.2, 0.25) is 0 Å². The predicted octanol–water partition coefficient (Wildman–Crippen LogP) is 7.67. The van der Waals surface area contributed by atoms with Gasteiger partial charge in [0.25, 0.3) is 23.6 Å². The molecule has 0 radical (unpaired) electrons. The molecule has 0 spiro atoms. The van der Waals surface area contributed by atoms with Gasteiger partial charge in [0, 0.05) is 6.07 Å². The zero-order valence-corrected chi connectivity index (χ0v) is 26.0. The van der Waals surface area contributed by atoms with Gasteiger partial charge in [-0.05, 0) is 86.6 Å². The number of nitrogens with zero attached hydrogens (tertiary/aromatic N) is 2. The van der Waals surface area contributed by atoms with E-state index in [9.17, 15) is 19.2 Å². The third-order valence-electron chi connectivity index (χ3n) is 7.80. The highest BCUT2D eigenvalue weighted by Crippen LogP contribution is 2.39. The largest absolute Gasteiger partial charge is 0.492 e. The van der Waals surface area contributed by atoms with Gasteiger partial charge in [-0.2, -0.15) is 0 Å². The molecule has 0 saturated carbocycles. The lowest BCUT2D eigenvalue weighted by molar-refractivity contribution is 0.0909. The fourth-order valence-electron chi connectivity index (χ4n) is 5.72. The molecule has 0 saturated heterocycles. The lowest BCUT2D eigenvalue weighted by atomic mass is 10.1. The van der Waals surface area contributed by atoms with Crippen molar-refractivity contribution >= 4 is 35.0 Å². The van der Waals surface area contributed by atoms with Crippen LogP contribution in [0.2, 0.25) is 0 Å². The minimum Gasteiger partial charge on any atom is -0.492 e. The lowest BCUT2D eigenvalue weighted by Crippen LogP contribution is -2.29. The van der Waals surface area contributed by atoms with Crippen molar-refractivity contribution in [3.05, 3.63) is 131 Å². The zero-order valence-electron chi connectivity index (χ0n) is 26.0. The molecule has 0 fully saturated rings. The summed E-state index contributed by atoms with van der Waals surface area (Å²) in [6, 6.07) is 30.0. The highest BCUT2D eigenvalue weighted by molar-refractivity contribution is 6.35. The molecular formula is C38H28N2O8. The minimum absolute atomic E-state index is 0.214. The standard InChI is InChI=1S/C38H28N2O8/c1-3-45-33-14-7-5-12-31(33)39-35(41)27-18-16-25(21-29(27)37(39)43)47-23-10-9-11-24(20-23)48-26-17-19-28-30(22-26)38(44)40(36(28)42)32-13-6-8-15-34(32)46-4-2/h5-22H,3-4H2,1-2H3. The van der Waals surface area contributed by atoms with Crippen molar-refractivity contribution in [3.8, 4) is 34.5 Å². The Bertz CT molecular complexity index is 1980. The van der Waals surface area contributed by atoms with E-state index in [2.05, 4.69) is 0 Å². The number of amides is 4. The van der Waals surface area contributed by atoms with E-state index < -0.39 is 23.6 Å². The molecule has 0 aliphatic carbocycles. The maximum atomic E-state index is 13.4. The first-order valence-electron chi connectivity index (χ1n) is 15.3. The molecule has 238 valence electrons. The van der Waals surface area contributed by atoms with Crippen LogP contribution in [-0.4, -0.2) is 36.8 Å². The quantitative estimate of drug-likeness (QED) is 0.143. The van der Waals surface area contributed by atoms with E-state index in [0.717, 1.165) is 9.80 Å². The second-order valence-corrected chi connectivity index (χ2v) is 10.8. The number of ether oxygens (including phenoxy) is 4. The molecule has 7 rings (SSSR count). The van der Waals surface area contributed by atoms with Gasteiger partial charge in [0.05, 0.1) is 46.8 Å². The Labute approximate surface area is 275 Å². The third-order valence-corrected chi connectivity index (χ3v) is 7.80. The number of benzene rings is 5.